The van der Waals surface area contributed by atoms with Crippen LogP contribution in [0.3, 0.4) is 0 Å². The SMILES string of the molecule is CCCN(CCC)C(=O)c1cc(C(N)=O)cc(C(=O)N(Cc2ccccc2)C[C@@H](O)[C@@H](N)Cc2cccc(C)c2)c1. The van der Waals surface area contributed by atoms with Gasteiger partial charge in [-0.2, -0.15) is 0 Å². The Morgan fingerprint density at radius 2 is 1.34 bits per heavy atom. The Hall–Kier alpha value is -4.01. The number of rotatable bonds is 14. The van der Waals surface area contributed by atoms with Gasteiger partial charge in [0, 0.05) is 48.9 Å². The van der Waals surface area contributed by atoms with E-state index in [0.29, 0.717) is 19.5 Å². The molecular weight excluding hydrogens is 516 g/mol. The first-order valence-corrected chi connectivity index (χ1v) is 14.2. The molecule has 8 heteroatoms. The van der Waals surface area contributed by atoms with Gasteiger partial charge in [0.05, 0.1) is 6.10 Å². The maximum Gasteiger partial charge on any atom is 0.254 e. The molecule has 41 heavy (non-hydrogen) atoms. The van der Waals surface area contributed by atoms with Crippen molar-refractivity contribution in [2.75, 3.05) is 19.6 Å². The summed E-state index contributed by atoms with van der Waals surface area (Å²) in [5.41, 5.74) is 15.4. The summed E-state index contributed by atoms with van der Waals surface area (Å²) in [6.07, 6.45) is 0.974. The fraction of sp³-hybridized carbons (Fsp3) is 0.364. The van der Waals surface area contributed by atoms with Gasteiger partial charge in [0.2, 0.25) is 5.91 Å². The number of nitrogens with two attached hydrogens (primary N) is 2. The number of aryl methyl sites for hydroxylation is 1. The molecule has 0 saturated carbocycles. The summed E-state index contributed by atoms with van der Waals surface area (Å²) in [7, 11) is 0. The van der Waals surface area contributed by atoms with Crippen LogP contribution in [0.15, 0.2) is 72.8 Å². The minimum absolute atomic E-state index is 0.0391. The zero-order valence-corrected chi connectivity index (χ0v) is 24.3. The maximum atomic E-state index is 14.0. The molecule has 0 aromatic heterocycles. The topological polar surface area (TPSA) is 130 Å². The Kier molecular flexibility index (Phi) is 11.6. The van der Waals surface area contributed by atoms with Gasteiger partial charge >= 0.3 is 0 Å². The van der Waals surface area contributed by atoms with Crippen molar-refractivity contribution < 1.29 is 19.5 Å². The average Bonchev–Trinajstić information content (AvgIpc) is 2.96. The second-order valence-corrected chi connectivity index (χ2v) is 10.6. The van der Waals surface area contributed by atoms with E-state index in [4.69, 9.17) is 11.5 Å². The van der Waals surface area contributed by atoms with Crippen molar-refractivity contribution in [2.24, 2.45) is 11.5 Å². The Morgan fingerprint density at radius 1 is 0.780 bits per heavy atom. The minimum Gasteiger partial charge on any atom is -0.390 e. The van der Waals surface area contributed by atoms with Crippen LogP contribution < -0.4 is 11.5 Å². The van der Waals surface area contributed by atoms with E-state index in [1.165, 1.54) is 23.1 Å². The van der Waals surface area contributed by atoms with Crippen LogP contribution in [0.5, 0.6) is 0 Å². The highest BCUT2D eigenvalue weighted by molar-refractivity contribution is 6.04. The summed E-state index contributed by atoms with van der Waals surface area (Å²) in [4.78, 5) is 42.8. The van der Waals surface area contributed by atoms with Crippen LogP contribution >= 0.6 is 0 Å². The van der Waals surface area contributed by atoms with Gasteiger partial charge in [0.25, 0.3) is 11.8 Å². The molecule has 0 aliphatic rings. The van der Waals surface area contributed by atoms with E-state index in [0.717, 1.165) is 29.5 Å². The highest BCUT2D eigenvalue weighted by Gasteiger charge is 2.26. The molecule has 0 spiro atoms. The standard InChI is InChI=1S/C33H42N4O4/c1-4-14-36(15-5-2)32(40)27-18-26(31(35)39)19-28(20-27)33(41)37(21-24-11-7-6-8-12-24)22-30(38)29(34)17-25-13-9-10-23(3)16-25/h6-13,16,18-20,29-30,38H,4-5,14-15,17,21-22,34H2,1-3H3,(H2,35,39)/t29-,30+/m0/s1. The van der Waals surface area contributed by atoms with Gasteiger partial charge < -0.3 is 26.4 Å². The van der Waals surface area contributed by atoms with Gasteiger partial charge in [-0.05, 0) is 55.5 Å². The summed E-state index contributed by atoms with van der Waals surface area (Å²) in [5.74, 6) is -1.44. The van der Waals surface area contributed by atoms with E-state index in [9.17, 15) is 19.5 Å². The summed E-state index contributed by atoms with van der Waals surface area (Å²) in [6, 6.07) is 21.1. The van der Waals surface area contributed by atoms with Crippen LogP contribution in [0, 0.1) is 6.92 Å². The predicted molar refractivity (Wildman–Crippen MR) is 161 cm³/mol. The first-order chi connectivity index (χ1) is 19.6. The van der Waals surface area contributed by atoms with Crippen LogP contribution in [-0.2, 0) is 13.0 Å². The van der Waals surface area contributed by atoms with Gasteiger partial charge in [-0.1, -0.05) is 74.0 Å². The van der Waals surface area contributed by atoms with Crippen molar-refractivity contribution in [1.29, 1.82) is 0 Å². The largest absolute Gasteiger partial charge is 0.390 e. The normalized spacial score (nSPS) is 12.4. The number of primary amides is 1. The average molecular weight is 559 g/mol. The van der Waals surface area contributed by atoms with Gasteiger partial charge in [-0.3, -0.25) is 14.4 Å². The van der Waals surface area contributed by atoms with E-state index in [1.807, 2.05) is 75.4 Å². The molecule has 0 saturated heterocycles. The third kappa shape index (κ3) is 8.99. The summed E-state index contributed by atoms with van der Waals surface area (Å²) in [5, 5.41) is 11.1. The number of hydrogen-bond donors (Lipinski definition) is 3. The summed E-state index contributed by atoms with van der Waals surface area (Å²) >= 11 is 0. The predicted octanol–water partition coefficient (Wildman–Crippen LogP) is 3.93. The van der Waals surface area contributed by atoms with Gasteiger partial charge in [0.15, 0.2) is 0 Å². The Labute approximate surface area is 242 Å². The second kappa shape index (κ2) is 15.1. The number of carbonyl (C=O) groups excluding carboxylic acids is 3. The highest BCUT2D eigenvalue weighted by Crippen LogP contribution is 2.18. The fourth-order valence-corrected chi connectivity index (χ4v) is 4.87. The summed E-state index contributed by atoms with van der Waals surface area (Å²) < 4.78 is 0. The van der Waals surface area contributed by atoms with Crippen LogP contribution in [0.1, 0.15) is 74.5 Å². The van der Waals surface area contributed by atoms with Crippen LogP contribution in [-0.4, -0.2) is 64.4 Å². The molecule has 8 nitrogen and oxygen atoms in total. The molecule has 3 aromatic rings. The van der Waals surface area contributed by atoms with E-state index >= 15 is 0 Å². The maximum absolute atomic E-state index is 14.0. The Balaban J connectivity index is 1.94. The fourth-order valence-electron chi connectivity index (χ4n) is 4.87. The van der Waals surface area contributed by atoms with Gasteiger partial charge in [0.1, 0.15) is 0 Å². The zero-order chi connectivity index (χ0) is 29.9. The number of nitrogens with zero attached hydrogens (tertiary/aromatic N) is 2. The highest BCUT2D eigenvalue weighted by atomic mass is 16.3. The van der Waals surface area contributed by atoms with Gasteiger partial charge in [-0.15, -0.1) is 0 Å². The van der Waals surface area contributed by atoms with Crippen molar-refractivity contribution in [3.8, 4) is 0 Å². The molecule has 0 bridgehead atoms. The molecule has 2 atom stereocenters. The minimum atomic E-state index is -1.02. The lowest BCUT2D eigenvalue weighted by Crippen LogP contribution is -2.46. The first kappa shape index (κ1) is 31.5. The number of aliphatic hydroxyl groups excluding tert-OH is 1. The van der Waals surface area contributed by atoms with Crippen LogP contribution in [0.4, 0.5) is 0 Å². The Morgan fingerprint density at radius 3 is 1.90 bits per heavy atom. The molecule has 3 amide bonds. The quantitative estimate of drug-likeness (QED) is 0.276. The van der Waals surface area contributed by atoms with E-state index in [2.05, 4.69) is 0 Å². The van der Waals surface area contributed by atoms with Crippen LogP contribution in [0.2, 0.25) is 0 Å². The smallest absolute Gasteiger partial charge is 0.254 e. The molecule has 0 fully saturated rings. The molecule has 5 N–H and O–H groups in total. The lowest BCUT2D eigenvalue weighted by molar-refractivity contribution is 0.0554. The molecular formula is C33H42N4O4. The lowest BCUT2D eigenvalue weighted by Gasteiger charge is -2.29. The van der Waals surface area contributed by atoms with Crippen molar-refractivity contribution >= 4 is 17.7 Å². The number of benzene rings is 3. The molecule has 0 aliphatic heterocycles. The molecule has 3 rings (SSSR count). The molecule has 0 aliphatic carbocycles. The number of amides is 3. The Bertz CT molecular complexity index is 1320. The van der Waals surface area contributed by atoms with Crippen LogP contribution in [0.25, 0.3) is 0 Å². The second-order valence-electron chi connectivity index (χ2n) is 10.6. The number of aliphatic hydroxyl groups is 1. The van der Waals surface area contributed by atoms with Crippen molar-refractivity contribution in [3.63, 3.8) is 0 Å². The first-order valence-electron chi connectivity index (χ1n) is 14.2. The number of carbonyl (C=O) groups is 3. The van der Waals surface area contributed by atoms with Crippen molar-refractivity contribution in [3.05, 3.63) is 106 Å². The molecule has 0 heterocycles. The van der Waals surface area contributed by atoms with E-state index in [-0.39, 0.29) is 35.7 Å². The molecule has 218 valence electrons. The number of hydrogen-bond acceptors (Lipinski definition) is 5. The molecule has 3 aromatic carbocycles. The third-order valence-electron chi connectivity index (χ3n) is 6.94. The zero-order valence-electron chi connectivity index (χ0n) is 24.3. The lowest BCUT2D eigenvalue weighted by atomic mass is 9.99. The van der Waals surface area contributed by atoms with Crippen molar-refractivity contribution in [1.82, 2.24) is 9.80 Å². The summed E-state index contributed by atoms with van der Waals surface area (Å²) in [6.45, 7) is 7.25. The van der Waals surface area contributed by atoms with Gasteiger partial charge in [-0.25, -0.2) is 0 Å². The third-order valence-corrected chi connectivity index (χ3v) is 6.94. The molecule has 0 unspecified atom stereocenters. The van der Waals surface area contributed by atoms with E-state index < -0.39 is 24.0 Å². The molecule has 0 radical (unpaired) electrons. The van der Waals surface area contributed by atoms with Crippen molar-refractivity contribution in [2.45, 2.75) is 58.7 Å². The van der Waals surface area contributed by atoms with E-state index in [1.54, 1.807) is 4.90 Å². The monoisotopic (exact) mass is 558 g/mol.